The van der Waals surface area contributed by atoms with Gasteiger partial charge in [-0.2, -0.15) is 0 Å². The minimum atomic E-state index is -0.786. The third-order valence-corrected chi connectivity index (χ3v) is 4.01. The molecule has 7 heteroatoms. The van der Waals surface area contributed by atoms with E-state index in [4.69, 9.17) is 4.74 Å². The second kappa shape index (κ2) is 6.65. The fourth-order valence-electron chi connectivity index (χ4n) is 2.89. The quantitative estimate of drug-likeness (QED) is 0.736. The Kier molecular flexibility index (Phi) is 4.64. The van der Waals surface area contributed by atoms with Gasteiger partial charge in [-0.05, 0) is 0 Å². The van der Waals surface area contributed by atoms with E-state index in [-0.39, 0.29) is 0 Å². The molecule has 0 aliphatic carbocycles. The fraction of sp³-hybridized carbons (Fsp3) is 0.714. The number of aromatic nitrogens is 2. The van der Waals surface area contributed by atoms with Crippen molar-refractivity contribution < 1.29 is 9.84 Å². The maximum atomic E-state index is 10.6. The van der Waals surface area contributed by atoms with Gasteiger partial charge in [-0.25, -0.2) is 4.98 Å². The van der Waals surface area contributed by atoms with Crippen molar-refractivity contribution in [3.63, 3.8) is 0 Å². The summed E-state index contributed by atoms with van der Waals surface area (Å²) in [5.74, 6) is 0.926. The summed E-state index contributed by atoms with van der Waals surface area (Å²) in [6.45, 7) is 6.77. The SMILES string of the molecule is O[C@@]1(CN2CCN(c3cnccn3)CC2)CNCCOC1. The summed E-state index contributed by atoms with van der Waals surface area (Å²) in [6.07, 6.45) is 5.21. The lowest BCUT2D eigenvalue weighted by Crippen LogP contribution is -2.56. The van der Waals surface area contributed by atoms with Crippen LogP contribution in [-0.2, 0) is 4.74 Å². The van der Waals surface area contributed by atoms with Gasteiger partial charge >= 0.3 is 0 Å². The molecule has 0 aromatic carbocycles. The second-order valence-electron chi connectivity index (χ2n) is 5.78. The number of hydrogen-bond acceptors (Lipinski definition) is 7. The van der Waals surface area contributed by atoms with Crippen molar-refractivity contribution in [2.75, 3.05) is 63.9 Å². The summed E-state index contributed by atoms with van der Waals surface area (Å²) >= 11 is 0. The van der Waals surface area contributed by atoms with E-state index >= 15 is 0 Å². The fourth-order valence-corrected chi connectivity index (χ4v) is 2.89. The van der Waals surface area contributed by atoms with Crippen LogP contribution in [0.3, 0.4) is 0 Å². The van der Waals surface area contributed by atoms with E-state index in [0.29, 0.717) is 26.3 Å². The van der Waals surface area contributed by atoms with Crippen molar-refractivity contribution in [3.8, 4) is 0 Å². The lowest BCUT2D eigenvalue weighted by molar-refractivity contribution is -0.0495. The van der Waals surface area contributed by atoms with Crippen LogP contribution in [0.5, 0.6) is 0 Å². The molecule has 3 rings (SSSR count). The first-order valence-electron chi connectivity index (χ1n) is 7.49. The van der Waals surface area contributed by atoms with Crippen molar-refractivity contribution in [3.05, 3.63) is 18.6 Å². The van der Waals surface area contributed by atoms with Gasteiger partial charge in [-0.15, -0.1) is 0 Å². The van der Waals surface area contributed by atoms with Crippen LogP contribution < -0.4 is 10.2 Å². The lowest BCUT2D eigenvalue weighted by Gasteiger charge is -2.39. The van der Waals surface area contributed by atoms with Crippen LogP contribution in [0.15, 0.2) is 18.6 Å². The standard InChI is InChI=1S/C14H23N5O2/c20-14(10-16-3-8-21-12-14)11-18-4-6-19(7-5-18)13-9-15-1-2-17-13/h1-2,9,16,20H,3-8,10-12H2/t14-/m1/s1. The van der Waals surface area contributed by atoms with E-state index in [1.165, 1.54) is 0 Å². The van der Waals surface area contributed by atoms with Crippen molar-refractivity contribution in [1.82, 2.24) is 20.2 Å². The third-order valence-electron chi connectivity index (χ3n) is 4.01. The highest BCUT2D eigenvalue weighted by Gasteiger charge is 2.32. The predicted molar refractivity (Wildman–Crippen MR) is 79.3 cm³/mol. The molecule has 0 unspecified atom stereocenters. The third kappa shape index (κ3) is 3.88. The van der Waals surface area contributed by atoms with Crippen molar-refractivity contribution >= 4 is 5.82 Å². The van der Waals surface area contributed by atoms with Crippen LogP contribution in [0.2, 0.25) is 0 Å². The second-order valence-corrected chi connectivity index (χ2v) is 5.78. The maximum absolute atomic E-state index is 10.6. The number of piperazine rings is 1. The summed E-state index contributed by atoms with van der Waals surface area (Å²) in [7, 11) is 0. The summed E-state index contributed by atoms with van der Waals surface area (Å²) in [5, 5.41) is 13.9. The van der Waals surface area contributed by atoms with E-state index < -0.39 is 5.60 Å². The molecule has 2 aliphatic rings. The Hall–Kier alpha value is -1.28. The van der Waals surface area contributed by atoms with E-state index in [1.54, 1.807) is 18.6 Å². The molecule has 1 atom stereocenters. The van der Waals surface area contributed by atoms with Gasteiger partial charge in [-0.1, -0.05) is 0 Å². The molecule has 0 amide bonds. The molecule has 0 bridgehead atoms. The first kappa shape index (κ1) is 14.6. The summed E-state index contributed by atoms with van der Waals surface area (Å²) in [6, 6.07) is 0. The summed E-state index contributed by atoms with van der Waals surface area (Å²) in [5.41, 5.74) is -0.786. The minimum Gasteiger partial charge on any atom is -0.385 e. The molecule has 2 aliphatic heterocycles. The van der Waals surface area contributed by atoms with Crippen LogP contribution in [0, 0.1) is 0 Å². The molecule has 1 aromatic rings. The van der Waals surface area contributed by atoms with Crippen LogP contribution >= 0.6 is 0 Å². The van der Waals surface area contributed by atoms with Crippen LogP contribution in [0.25, 0.3) is 0 Å². The molecule has 0 saturated carbocycles. The molecule has 21 heavy (non-hydrogen) atoms. The van der Waals surface area contributed by atoms with Gasteiger partial charge in [0.1, 0.15) is 11.4 Å². The molecule has 7 nitrogen and oxygen atoms in total. The van der Waals surface area contributed by atoms with E-state index in [1.807, 2.05) is 0 Å². The number of nitrogens with one attached hydrogen (secondary N) is 1. The van der Waals surface area contributed by atoms with Gasteiger partial charge in [0.05, 0.1) is 19.4 Å². The van der Waals surface area contributed by atoms with Gasteiger partial charge in [0.15, 0.2) is 0 Å². The van der Waals surface area contributed by atoms with Gasteiger partial charge in [0, 0.05) is 58.2 Å². The zero-order valence-electron chi connectivity index (χ0n) is 12.2. The predicted octanol–water partition coefficient (Wildman–Crippen LogP) is -1.05. The van der Waals surface area contributed by atoms with Crippen molar-refractivity contribution in [2.24, 2.45) is 0 Å². The summed E-state index contributed by atoms with van der Waals surface area (Å²) < 4.78 is 5.47. The Morgan fingerprint density at radius 2 is 2.14 bits per heavy atom. The smallest absolute Gasteiger partial charge is 0.147 e. The zero-order valence-corrected chi connectivity index (χ0v) is 12.2. The van der Waals surface area contributed by atoms with E-state index in [9.17, 15) is 5.11 Å². The molecular weight excluding hydrogens is 270 g/mol. The largest absolute Gasteiger partial charge is 0.385 e. The minimum absolute atomic E-state index is 0.407. The highest BCUT2D eigenvalue weighted by Crippen LogP contribution is 2.15. The molecule has 1 aromatic heterocycles. The number of ether oxygens (including phenoxy) is 1. The molecule has 0 radical (unpaired) electrons. The summed E-state index contributed by atoms with van der Waals surface area (Å²) in [4.78, 5) is 13.0. The Morgan fingerprint density at radius 1 is 1.29 bits per heavy atom. The van der Waals surface area contributed by atoms with Gasteiger partial charge in [-0.3, -0.25) is 9.88 Å². The molecule has 2 saturated heterocycles. The monoisotopic (exact) mass is 293 g/mol. The topological polar surface area (TPSA) is 73.8 Å². The average molecular weight is 293 g/mol. The molecular formula is C14H23N5O2. The number of aliphatic hydroxyl groups is 1. The zero-order chi connectivity index (χ0) is 14.5. The van der Waals surface area contributed by atoms with Gasteiger partial charge in [0.25, 0.3) is 0 Å². The van der Waals surface area contributed by atoms with Crippen LogP contribution in [0.4, 0.5) is 5.82 Å². The normalized spacial score (nSPS) is 28.3. The molecule has 3 heterocycles. The molecule has 2 N–H and O–H groups in total. The number of hydrogen-bond donors (Lipinski definition) is 2. The number of β-amino-alcohol motifs (C(OH)–C–C–N with tert-alkyl or cyclic N) is 1. The van der Waals surface area contributed by atoms with E-state index in [2.05, 4.69) is 25.1 Å². The Balaban J connectivity index is 1.51. The van der Waals surface area contributed by atoms with Crippen molar-refractivity contribution in [1.29, 1.82) is 0 Å². The van der Waals surface area contributed by atoms with Crippen LogP contribution in [-0.4, -0.2) is 84.6 Å². The van der Waals surface area contributed by atoms with Crippen LogP contribution in [0.1, 0.15) is 0 Å². The molecule has 2 fully saturated rings. The number of nitrogens with zero attached hydrogens (tertiary/aromatic N) is 4. The van der Waals surface area contributed by atoms with Gasteiger partial charge < -0.3 is 20.1 Å². The van der Waals surface area contributed by atoms with Gasteiger partial charge in [0.2, 0.25) is 0 Å². The van der Waals surface area contributed by atoms with Crippen molar-refractivity contribution in [2.45, 2.75) is 5.60 Å². The Morgan fingerprint density at radius 3 is 2.90 bits per heavy atom. The average Bonchev–Trinajstić information content (AvgIpc) is 2.74. The maximum Gasteiger partial charge on any atom is 0.147 e. The number of rotatable bonds is 3. The first-order valence-corrected chi connectivity index (χ1v) is 7.49. The Bertz CT molecular complexity index is 428. The molecule has 116 valence electrons. The molecule has 0 spiro atoms. The van der Waals surface area contributed by atoms with E-state index in [0.717, 1.165) is 38.5 Å². The Labute approximate surface area is 124 Å². The highest BCUT2D eigenvalue weighted by atomic mass is 16.5. The highest BCUT2D eigenvalue weighted by molar-refractivity contribution is 5.35. The number of anilines is 1. The lowest BCUT2D eigenvalue weighted by atomic mass is 10.0. The first-order chi connectivity index (χ1) is 10.3.